The third-order valence-electron chi connectivity index (χ3n) is 4.03. The lowest BCUT2D eigenvalue weighted by atomic mass is 9.95. The number of hydrogen-bond donors (Lipinski definition) is 1. The molecule has 2 rings (SSSR count). The predicted molar refractivity (Wildman–Crippen MR) is 74.5 cm³/mol. The van der Waals surface area contributed by atoms with Crippen molar-refractivity contribution in [2.75, 3.05) is 37.7 Å². The zero-order chi connectivity index (χ0) is 12.1. The molecule has 0 spiro atoms. The molecule has 2 saturated heterocycles. The fourth-order valence-electron chi connectivity index (χ4n) is 3.14. The van der Waals surface area contributed by atoms with Crippen LogP contribution < -0.4 is 5.73 Å². The number of nitrogens with zero attached hydrogens (tertiary/aromatic N) is 1. The monoisotopic (exact) mass is 258 g/mol. The molecule has 0 saturated carbocycles. The predicted octanol–water partition coefficient (Wildman–Crippen LogP) is 1.57. The molecular formula is C13H26N2OS. The molecule has 0 aromatic carbocycles. The van der Waals surface area contributed by atoms with Gasteiger partial charge in [0.15, 0.2) is 0 Å². The first-order valence-corrected chi connectivity index (χ1v) is 8.14. The molecule has 0 amide bonds. The zero-order valence-electron chi connectivity index (χ0n) is 10.9. The van der Waals surface area contributed by atoms with Crippen molar-refractivity contribution in [3.8, 4) is 0 Å². The SMILES string of the molecule is CCOC1CCCN(C(CN)C2CCSC2)C1. The zero-order valence-corrected chi connectivity index (χ0v) is 11.8. The van der Waals surface area contributed by atoms with E-state index in [4.69, 9.17) is 10.5 Å². The second kappa shape index (κ2) is 6.98. The van der Waals surface area contributed by atoms with E-state index in [1.165, 1.54) is 37.3 Å². The summed E-state index contributed by atoms with van der Waals surface area (Å²) in [6.07, 6.45) is 4.28. The van der Waals surface area contributed by atoms with Gasteiger partial charge < -0.3 is 10.5 Å². The van der Waals surface area contributed by atoms with Crippen LogP contribution in [0.5, 0.6) is 0 Å². The van der Waals surface area contributed by atoms with Crippen LogP contribution in [0.15, 0.2) is 0 Å². The van der Waals surface area contributed by atoms with Crippen LogP contribution in [-0.2, 0) is 4.74 Å². The van der Waals surface area contributed by atoms with Gasteiger partial charge in [0.1, 0.15) is 0 Å². The van der Waals surface area contributed by atoms with E-state index in [1.54, 1.807) is 0 Å². The van der Waals surface area contributed by atoms with Gasteiger partial charge in [0.05, 0.1) is 6.10 Å². The van der Waals surface area contributed by atoms with Crippen LogP contribution in [-0.4, -0.2) is 54.8 Å². The minimum absolute atomic E-state index is 0.442. The maximum Gasteiger partial charge on any atom is 0.0702 e. The van der Waals surface area contributed by atoms with Crippen molar-refractivity contribution in [2.45, 2.75) is 38.3 Å². The summed E-state index contributed by atoms with van der Waals surface area (Å²) < 4.78 is 5.78. The van der Waals surface area contributed by atoms with E-state index in [1.807, 2.05) is 0 Å². The van der Waals surface area contributed by atoms with Gasteiger partial charge in [0.25, 0.3) is 0 Å². The number of nitrogens with two attached hydrogens (primary N) is 1. The summed E-state index contributed by atoms with van der Waals surface area (Å²) in [6, 6.07) is 0.591. The highest BCUT2D eigenvalue weighted by Crippen LogP contribution is 2.30. The average Bonchev–Trinajstić information content (AvgIpc) is 2.85. The van der Waals surface area contributed by atoms with Crippen molar-refractivity contribution in [1.29, 1.82) is 0 Å². The molecule has 0 aliphatic carbocycles. The van der Waals surface area contributed by atoms with Gasteiger partial charge in [-0.15, -0.1) is 0 Å². The maximum atomic E-state index is 6.01. The van der Waals surface area contributed by atoms with Crippen molar-refractivity contribution < 1.29 is 4.74 Å². The molecule has 0 radical (unpaired) electrons. The summed E-state index contributed by atoms with van der Waals surface area (Å²) in [5.41, 5.74) is 6.01. The van der Waals surface area contributed by atoms with Crippen molar-refractivity contribution in [3.05, 3.63) is 0 Å². The first-order valence-electron chi connectivity index (χ1n) is 6.98. The molecule has 3 atom stereocenters. The quantitative estimate of drug-likeness (QED) is 0.812. The number of likely N-dealkylation sites (tertiary alicyclic amines) is 1. The molecule has 0 aromatic rings. The summed E-state index contributed by atoms with van der Waals surface area (Å²) in [5, 5.41) is 0. The van der Waals surface area contributed by atoms with Crippen LogP contribution in [0.4, 0.5) is 0 Å². The van der Waals surface area contributed by atoms with Gasteiger partial charge in [0, 0.05) is 25.7 Å². The Hall–Kier alpha value is 0.230. The summed E-state index contributed by atoms with van der Waals surface area (Å²) >= 11 is 2.09. The van der Waals surface area contributed by atoms with E-state index in [-0.39, 0.29) is 0 Å². The lowest BCUT2D eigenvalue weighted by Gasteiger charge is -2.40. The fraction of sp³-hybridized carbons (Fsp3) is 1.00. The maximum absolute atomic E-state index is 6.01. The number of hydrogen-bond acceptors (Lipinski definition) is 4. The highest BCUT2D eigenvalue weighted by molar-refractivity contribution is 7.99. The molecule has 17 heavy (non-hydrogen) atoms. The first kappa shape index (κ1) is 13.7. The van der Waals surface area contributed by atoms with Gasteiger partial charge in [0.2, 0.25) is 0 Å². The van der Waals surface area contributed by atoms with Gasteiger partial charge >= 0.3 is 0 Å². The van der Waals surface area contributed by atoms with Gasteiger partial charge in [-0.2, -0.15) is 11.8 Å². The highest BCUT2D eigenvalue weighted by atomic mass is 32.2. The number of thioether (sulfide) groups is 1. The van der Waals surface area contributed by atoms with E-state index < -0.39 is 0 Å². The number of ether oxygens (including phenoxy) is 1. The fourth-order valence-corrected chi connectivity index (χ4v) is 4.46. The van der Waals surface area contributed by atoms with Crippen LogP contribution in [0.1, 0.15) is 26.2 Å². The molecule has 2 heterocycles. The third-order valence-corrected chi connectivity index (χ3v) is 5.22. The largest absolute Gasteiger partial charge is 0.377 e. The topological polar surface area (TPSA) is 38.5 Å². The molecule has 2 aliphatic rings. The van der Waals surface area contributed by atoms with E-state index in [9.17, 15) is 0 Å². The molecular weight excluding hydrogens is 232 g/mol. The van der Waals surface area contributed by atoms with E-state index in [0.717, 1.165) is 25.6 Å². The van der Waals surface area contributed by atoms with Crippen LogP contribution in [0.3, 0.4) is 0 Å². The second-order valence-corrected chi connectivity index (χ2v) is 6.29. The minimum Gasteiger partial charge on any atom is -0.377 e. The average molecular weight is 258 g/mol. The van der Waals surface area contributed by atoms with Gasteiger partial charge in [-0.25, -0.2) is 0 Å². The van der Waals surface area contributed by atoms with E-state index in [0.29, 0.717) is 12.1 Å². The van der Waals surface area contributed by atoms with Crippen LogP contribution >= 0.6 is 11.8 Å². The Labute approximate surface area is 109 Å². The van der Waals surface area contributed by atoms with Gasteiger partial charge in [-0.1, -0.05) is 0 Å². The first-order chi connectivity index (χ1) is 8.35. The van der Waals surface area contributed by atoms with Crippen molar-refractivity contribution in [1.82, 2.24) is 4.90 Å². The number of rotatable bonds is 5. The summed E-state index contributed by atoms with van der Waals surface area (Å²) in [5.74, 6) is 3.44. The molecule has 2 aliphatic heterocycles. The van der Waals surface area contributed by atoms with E-state index in [2.05, 4.69) is 23.6 Å². The lowest BCUT2D eigenvalue weighted by Crippen LogP contribution is -2.51. The Morgan fingerprint density at radius 3 is 3.00 bits per heavy atom. The van der Waals surface area contributed by atoms with Crippen LogP contribution in [0, 0.1) is 5.92 Å². The Morgan fingerprint density at radius 1 is 1.47 bits per heavy atom. The van der Waals surface area contributed by atoms with Gasteiger partial charge in [-0.05, 0) is 50.2 Å². The summed E-state index contributed by atoms with van der Waals surface area (Å²) in [7, 11) is 0. The Bertz CT molecular complexity index is 219. The van der Waals surface area contributed by atoms with Crippen LogP contribution in [0.25, 0.3) is 0 Å². The molecule has 4 heteroatoms. The Balaban J connectivity index is 1.89. The van der Waals surface area contributed by atoms with Gasteiger partial charge in [-0.3, -0.25) is 4.90 Å². The standard InChI is InChI=1S/C13H26N2OS/c1-2-16-12-4-3-6-15(9-12)13(8-14)11-5-7-17-10-11/h11-13H,2-10,14H2,1H3. The highest BCUT2D eigenvalue weighted by Gasteiger charge is 2.32. The molecule has 3 unspecified atom stereocenters. The molecule has 0 aromatic heterocycles. The normalized spacial score (nSPS) is 32.8. The molecule has 2 N–H and O–H groups in total. The second-order valence-electron chi connectivity index (χ2n) is 5.14. The minimum atomic E-state index is 0.442. The summed E-state index contributed by atoms with van der Waals surface area (Å²) in [4.78, 5) is 2.60. The molecule has 100 valence electrons. The van der Waals surface area contributed by atoms with E-state index >= 15 is 0 Å². The number of piperidine rings is 1. The van der Waals surface area contributed by atoms with Crippen molar-refractivity contribution in [3.63, 3.8) is 0 Å². The van der Waals surface area contributed by atoms with Crippen LogP contribution in [0.2, 0.25) is 0 Å². The van der Waals surface area contributed by atoms with Crippen molar-refractivity contribution >= 4 is 11.8 Å². The molecule has 0 bridgehead atoms. The molecule has 3 nitrogen and oxygen atoms in total. The Morgan fingerprint density at radius 2 is 2.35 bits per heavy atom. The third kappa shape index (κ3) is 3.60. The summed E-state index contributed by atoms with van der Waals surface area (Å²) in [6.45, 7) is 6.05. The smallest absolute Gasteiger partial charge is 0.0702 e. The molecule has 2 fully saturated rings. The van der Waals surface area contributed by atoms with Crippen molar-refractivity contribution in [2.24, 2.45) is 11.7 Å². The Kier molecular flexibility index (Phi) is 5.60. The lowest BCUT2D eigenvalue weighted by molar-refractivity contribution is -0.0131.